The summed E-state index contributed by atoms with van der Waals surface area (Å²) < 4.78 is 3.85. The molecule has 1 aliphatic carbocycles. The van der Waals surface area contributed by atoms with Gasteiger partial charge in [0, 0.05) is 17.3 Å². The highest BCUT2D eigenvalue weighted by Gasteiger charge is 2.24. The van der Waals surface area contributed by atoms with Crippen molar-refractivity contribution in [3.8, 4) is 5.69 Å². The van der Waals surface area contributed by atoms with Crippen LogP contribution >= 0.6 is 0 Å². The molecule has 1 saturated carbocycles. The van der Waals surface area contributed by atoms with Gasteiger partial charge in [0.1, 0.15) is 12.7 Å². The van der Waals surface area contributed by atoms with E-state index in [0.29, 0.717) is 12.5 Å². The predicted octanol–water partition coefficient (Wildman–Crippen LogP) is 2.92. The standard InChI is InChI=1S/C21H26N6O/c1-15-20(16(2)27(25-15)19-6-4-3-5-7-19)12-21(28)24-17-8-10-18(11-9-17)26-14-22-13-23-26/h3-7,13-14,17-18H,8-12H2,1-2H3,(H,24,28). The Labute approximate surface area is 164 Å². The Bertz CT molecular complexity index is 923. The Morgan fingerprint density at radius 3 is 2.57 bits per heavy atom. The van der Waals surface area contributed by atoms with Gasteiger partial charge in [0.15, 0.2) is 0 Å². The first-order chi connectivity index (χ1) is 13.6. The molecule has 0 unspecified atom stereocenters. The van der Waals surface area contributed by atoms with E-state index in [1.165, 1.54) is 0 Å². The quantitative estimate of drug-likeness (QED) is 0.740. The SMILES string of the molecule is Cc1nn(-c2ccccc2)c(C)c1CC(=O)NC1CCC(n2cncn2)CC1. The average Bonchev–Trinajstić information content (AvgIpc) is 3.34. The van der Waals surface area contributed by atoms with E-state index >= 15 is 0 Å². The number of rotatable bonds is 5. The Morgan fingerprint density at radius 2 is 1.89 bits per heavy atom. The summed E-state index contributed by atoms with van der Waals surface area (Å²) in [5, 5.41) is 12.1. The molecule has 0 aliphatic heterocycles. The van der Waals surface area contributed by atoms with E-state index in [1.807, 2.05) is 53.5 Å². The summed E-state index contributed by atoms with van der Waals surface area (Å²) >= 11 is 0. The first-order valence-corrected chi connectivity index (χ1v) is 9.86. The highest BCUT2D eigenvalue weighted by molar-refractivity contribution is 5.79. The number of hydrogen-bond donors (Lipinski definition) is 1. The highest BCUT2D eigenvalue weighted by atomic mass is 16.1. The Morgan fingerprint density at radius 1 is 1.14 bits per heavy atom. The van der Waals surface area contributed by atoms with Crippen molar-refractivity contribution in [1.82, 2.24) is 29.9 Å². The van der Waals surface area contributed by atoms with Gasteiger partial charge in [-0.15, -0.1) is 0 Å². The van der Waals surface area contributed by atoms with Crippen molar-refractivity contribution in [3.05, 3.63) is 59.9 Å². The van der Waals surface area contributed by atoms with Crippen LogP contribution in [0.15, 0.2) is 43.0 Å². The lowest BCUT2D eigenvalue weighted by molar-refractivity contribution is -0.121. The molecular formula is C21H26N6O. The second-order valence-corrected chi connectivity index (χ2v) is 7.52. The molecule has 4 rings (SSSR count). The van der Waals surface area contributed by atoms with Crippen LogP contribution in [0.25, 0.3) is 5.69 Å². The van der Waals surface area contributed by atoms with Gasteiger partial charge in [-0.25, -0.2) is 14.3 Å². The van der Waals surface area contributed by atoms with Gasteiger partial charge < -0.3 is 5.32 Å². The molecule has 0 bridgehead atoms. The van der Waals surface area contributed by atoms with Crippen LogP contribution in [0, 0.1) is 13.8 Å². The summed E-state index contributed by atoms with van der Waals surface area (Å²) in [5.74, 6) is 0.0722. The molecule has 3 aromatic rings. The third kappa shape index (κ3) is 3.83. The first kappa shape index (κ1) is 18.4. The van der Waals surface area contributed by atoms with Crippen molar-refractivity contribution < 1.29 is 4.79 Å². The van der Waals surface area contributed by atoms with Gasteiger partial charge in [-0.1, -0.05) is 18.2 Å². The third-order valence-corrected chi connectivity index (χ3v) is 5.65. The van der Waals surface area contributed by atoms with E-state index in [0.717, 1.165) is 48.3 Å². The van der Waals surface area contributed by atoms with Gasteiger partial charge in [-0.05, 0) is 51.7 Å². The Hall–Kier alpha value is -2.96. The fourth-order valence-electron chi connectivity index (χ4n) is 4.08. The van der Waals surface area contributed by atoms with E-state index in [1.54, 1.807) is 12.7 Å². The van der Waals surface area contributed by atoms with Gasteiger partial charge in [0.05, 0.1) is 23.8 Å². The zero-order valence-corrected chi connectivity index (χ0v) is 16.4. The summed E-state index contributed by atoms with van der Waals surface area (Å²) in [5.41, 5.74) is 3.96. The molecule has 0 atom stereocenters. The van der Waals surface area contributed by atoms with E-state index < -0.39 is 0 Å². The Balaban J connectivity index is 1.36. The molecule has 7 nitrogen and oxygen atoms in total. The fraction of sp³-hybridized carbons (Fsp3) is 0.429. The molecule has 1 aliphatic rings. The van der Waals surface area contributed by atoms with E-state index in [-0.39, 0.29) is 11.9 Å². The van der Waals surface area contributed by atoms with Crippen molar-refractivity contribution in [2.24, 2.45) is 0 Å². The molecule has 2 aromatic heterocycles. The number of aromatic nitrogens is 5. The molecule has 1 fully saturated rings. The molecule has 0 saturated heterocycles. The lowest BCUT2D eigenvalue weighted by atomic mass is 9.91. The monoisotopic (exact) mass is 378 g/mol. The number of aryl methyl sites for hydroxylation is 1. The van der Waals surface area contributed by atoms with Crippen molar-refractivity contribution in [2.75, 3.05) is 0 Å². The molecule has 1 amide bonds. The fourth-order valence-corrected chi connectivity index (χ4v) is 4.08. The van der Waals surface area contributed by atoms with Crippen LogP contribution in [0.5, 0.6) is 0 Å². The van der Waals surface area contributed by atoms with Gasteiger partial charge in [0.25, 0.3) is 0 Å². The number of nitrogens with one attached hydrogen (secondary N) is 1. The molecule has 0 radical (unpaired) electrons. The average molecular weight is 378 g/mol. The van der Waals surface area contributed by atoms with Crippen LogP contribution in [-0.2, 0) is 11.2 Å². The predicted molar refractivity (Wildman–Crippen MR) is 106 cm³/mol. The van der Waals surface area contributed by atoms with Crippen LogP contribution in [0.1, 0.15) is 48.7 Å². The molecule has 7 heteroatoms. The second-order valence-electron chi connectivity index (χ2n) is 7.52. The normalized spacial score (nSPS) is 19.5. The lowest BCUT2D eigenvalue weighted by Gasteiger charge is -2.29. The van der Waals surface area contributed by atoms with Gasteiger partial charge >= 0.3 is 0 Å². The highest BCUT2D eigenvalue weighted by Crippen LogP contribution is 2.27. The van der Waals surface area contributed by atoms with E-state index in [9.17, 15) is 4.79 Å². The zero-order chi connectivity index (χ0) is 19.5. The van der Waals surface area contributed by atoms with Crippen molar-refractivity contribution in [3.63, 3.8) is 0 Å². The minimum absolute atomic E-state index is 0.0722. The molecule has 0 spiro atoms. The number of carbonyl (C=O) groups excluding carboxylic acids is 1. The number of benzene rings is 1. The topological polar surface area (TPSA) is 77.6 Å². The summed E-state index contributed by atoms with van der Waals surface area (Å²) in [6.45, 7) is 4.00. The maximum Gasteiger partial charge on any atom is 0.224 e. The van der Waals surface area contributed by atoms with Crippen molar-refractivity contribution in [1.29, 1.82) is 0 Å². The summed E-state index contributed by atoms with van der Waals surface area (Å²) in [7, 11) is 0. The van der Waals surface area contributed by atoms with Crippen molar-refractivity contribution in [2.45, 2.75) is 58.0 Å². The third-order valence-electron chi connectivity index (χ3n) is 5.65. The summed E-state index contributed by atoms with van der Waals surface area (Å²) in [6, 6.07) is 10.7. The number of hydrogen-bond acceptors (Lipinski definition) is 4. The Kier molecular flexibility index (Phi) is 5.23. The van der Waals surface area contributed by atoms with Gasteiger partial charge in [0.2, 0.25) is 5.91 Å². The van der Waals surface area contributed by atoms with Gasteiger partial charge in [-0.3, -0.25) is 4.79 Å². The molecule has 146 valence electrons. The first-order valence-electron chi connectivity index (χ1n) is 9.86. The second kappa shape index (κ2) is 7.96. The molecule has 1 aromatic carbocycles. The van der Waals surface area contributed by atoms with E-state index in [4.69, 9.17) is 0 Å². The zero-order valence-electron chi connectivity index (χ0n) is 16.4. The number of amides is 1. The number of carbonyl (C=O) groups is 1. The van der Waals surface area contributed by atoms with E-state index in [2.05, 4.69) is 20.5 Å². The molecule has 2 heterocycles. The summed E-state index contributed by atoms with van der Waals surface area (Å²) in [6.07, 6.45) is 7.69. The lowest BCUT2D eigenvalue weighted by Crippen LogP contribution is -2.39. The minimum Gasteiger partial charge on any atom is -0.353 e. The van der Waals surface area contributed by atoms with Crippen LogP contribution in [0.3, 0.4) is 0 Å². The minimum atomic E-state index is 0.0722. The maximum absolute atomic E-state index is 12.7. The van der Waals surface area contributed by atoms with Crippen LogP contribution in [0.2, 0.25) is 0 Å². The number of nitrogens with zero attached hydrogens (tertiary/aromatic N) is 5. The van der Waals surface area contributed by atoms with Crippen LogP contribution in [-0.4, -0.2) is 36.5 Å². The molecule has 1 N–H and O–H groups in total. The van der Waals surface area contributed by atoms with Crippen molar-refractivity contribution >= 4 is 5.91 Å². The summed E-state index contributed by atoms with van der Waals surface area (Å²) in [4.78, 5) is 16.7. The smallest absolute Gasteiger partial charge is 0.224 e. The van der Waals surface area contributed by atoms with Crippen LogP contribution in [0.4, 0.5) is 0 Å². The van der Waals surface area contributed by atoms with Crippen LogP contribution < -0.4 is 5.32 Å². The number of para-hydroxylation sites is 1. The molecular weight excluding hydrogens is 352 g/mol. The maximum atomic E-state index is 12.7. The largest absolute Gasteiger partial charge is 0.353 e. The van der Waals surface area contributed by atoms with Gasteiger partial charge in [-0.2, -0.15) is 10.2 Å². The molecule has 28 heavy (non-hydrogen) atoms.